The predicted octanol–water partition coefficient (Wildman–Crippen LogP) is 2.54. The van der Waals surface area contributed by atoms with Gasteiger partial charge in [-0.05, 0) is 45.7 Å². The first-order chi connectivity index (χ1) is 9.78. The van der Waals surface area contributed by atoms with Crippen LogP contribution < -0.4 is 10.6 Å². The van der Waals surface area contributed by atoms with Gasteiger partial charge in [0.15, 0.2) is 0 Å². The molecule has 1 heterocycles. The normalized spacial score (nSPS) is 12.7. The molecule has 21 heavy (non-hydrogen) atoms. The van der Waals surface area contributed by atoms with Crippen LogP contribution in [-0.2, 0) is 11.2 Å². The highest BCUT2D eigenvalue weighted by atomic mass is 16.4. The smallest absolute Gasteiger partial charge is 0.315 e. The van der Waals surface area contributed by atoms with E-state index in [4.69, 9.17) is 9.52 Å². The molecule has 3 N–H and O–H groups in total. The van der Waals surface area contributed by atoms with Crippen LogP contribution in [0.4, 0.5) is 4.79 Å². The van der Waals surface area contributed by atoms with Crippen molar-refractivity contribution in [2.45, 2.75) is 58.0 Å². The fraction of sp³-hybridized carbons (Fsp3) is 0.600. The zero-order valence-electron chi connectivity index (χ0n) is 12.8. The summed E-state index contributed by atoms with van der Waals surface area (Å²) < 4.78 is 5.24. The second kappa shape index (κ2) is 7.71. The van der Waals surface area contributed by atoms with Gasteiger partial charge in [0.1, 0.15) is 5.76 Å². The minimum atomic E-state index is -0.864. The third-order valence-electron chi connectivity index (χ3n) is 3.20. The largest absolute Gasteiger partial charge is 0.481 e. The molecule has 6 heteroatoms. The SMILES string of the molecule is CC(CCc1ccco1)NC(=O)NC(C)(C)CCC(=O)O. The summed E-state index contributed by atoms with van der Waals surface area (Å²) in [6, 6.07) is 3.47. The number of aliphatic carboxylic acids is 1. The van der Waals surface area contributed by atoms with Gasteiger partial charge in [-0.3, -0.25) is 4.79 Å². The van der Waals surface area contributed by atoms with Gasteiger partial charge in [0.2, 0.25) is 0 Å². The minimum absolute atomic E-state index is 0.00498. The molecule has 1 atom stereocenters. The van der Waals surface area contributed by atoms with E-state index in [-0.39, 0.29) is 18.5 Å². The monoisotopic (exact) mass is 296 g/mol. The van der Waals surface area contributed by atoms with Crippen LogP contribution in [0.1, 0.15) is 45.8 Å². The van der Waals surface area contributed by atoms with E-state index < -0.39 is 11.5 Å². The first kappa shape index (κ1) is 17.1. The Morgan fingerprint density at radius 2 is 2.14 bits per heavy atom. The number of amides is 2. The van der Waals surface area contributed by atoms with Crippen LogP contribution in [0.5, 0.6) is 0 Å². The summed E-state index contributed by atoms with van der Waals surface area (Å²) in [6.07, 6.45) is 3.58. The van der Waals surface area contributed by atoms with Crippen molar-refractivity contribution in [1.29, 1.82) is 0 Å². The van der Waals surface area contributed by atoms with Gasteiger partial charge < -0.3 is 20.2 Å². The van der Waals surface area contributed by atoms with Crippen molar-refractivity contribution >= 4 is 12.0 Å². The molecule has 0 radical (unpaired) electrons. The molecule has 0 aliphatic rings. The molecule has 1 aromatic heterocycles. The summed E-state index contributed by atoms with van der Waals surface area (Å²) in [5.74, 6) is 0.0305. The van der Waals surface area contributed by atoms with E-state index in [0.717, 1.165) is 18.6 Å². The highest BCUT2D eigenvalue weighted by Gasteiger charge is 2.22. The molecule has 1 unspecified atom stereocenters. The van der Waals surface area contributed by atoms with Crippen molar-refractivity contribution in [3.05, 3.63) is 24.2 Å². The lowest BCUT2D eigenvalue weighted by molar-refractivity contribution is -0.137. The van der Waals surface area contributed by atoms with Crippen LogP contribution in [0.2, 0.25) is 0 Å². The second-order valence-electron chi connectivity index (χ2n) is 5.90. The minimum Gasteiger partial charge on any atom is -0.481 e. The molecule has 0 bridgehead atoms. The molecule has 0 saturated carbocycles. The van der Waals surface area contributed by atoms with Gasteiger partial charge in [0, 0.05) is 24.4 Å². The summed E-state index contributed by atoms with van der Waals surface area (Å²) >= 11 is 0. The average Bonchev–Trinajstić information content (AvgIpc) is 2.86. The Morgan fingerprint density at radius 3 is 2.71 bits per heavy atom. The van der Waals surface area contributed by atoms with Gasteiger partial charge in [0.05, 0.1) is 6.26 Å². The van der Waals surface area contributed by atoms with Crippen molar-refractivity contribution in [2.24, 2.45) is 0 Å². The molecule has 0 spiro atoms. The molecule has 1 aromatic rings. The molecule has 0 aromatic carbocycles. The van der Waals surface area contributed by atoms with E-state index in [1.165, 1.54) is 0 Å². The van der Waals surface area contributed by atoms with Gasteiger partial charge in [-0.2, -0.15) is 0 Å². The number of nitrogens with one attached hydrogen (secondary N) is 2. The Bertz CT molecular complexity index is 454. The molecule has 1 rings (SSSR count). The van der Waals surface area contributed by atoms with E-state index in [9.17, 15) is 9.59 Å². The second-order valence-corrected chi connectivity index (χ2v) is 5.90. The Morgan fingerprint density at radius 1 is 1.43 bits per heavy atom. The molecule has 0 fully saturated rings. The summed E-state index contributed by atoms with van der Waals surface area (Å²) in [5, 5.41) is 14.3. The van der Waals surface area contributed by atoms with E-state index in [0.29, 0.717) is 6.42 Å². The Kier molecular flexibility index (Phi) is 6.27. The summed E-state index contributed by atoms with van der Waals surface area (Å²) in [4.78, 5) is 22.5. The molecule has 118 valence electrons. The number of carbonyl (C=O) groups excluding carboxylic acids is 1. The maximum Gasteiger partial charge on any atom is 0.315 e. The van der Waals surface area contributed by atoms with Crippen molar-refractivity contribution in [2.75, 3.05) is 0 Å². The highest BCUT2D eigenvalue weighted by Crippen LogP contribution is 2.11. The van der Waals surface area contributed by atoms with E-state index in [2.05, 4.69) is 10.6 Å². The highest BCUT2D eigenvalue weighted by molar-refractivity contribution is 5.75. The van der Waals surface area contributed by atoms with Gasteiger partial charge in [-0.1, -0.05) is 0 Å². The van der Waals surface area contributed by atoms with Crippen LogP contribution in [0.25, 0.3) is 0 Å². The Balaban J connectivity index is 2.29. The molecule has 2 amide bonds. The van der Waals surface area contributed by atoms with E-state index >= 15 is 0 Å². The number of hydrogen-bond acceptors (Lipinski definition) is 3. The van der Waals surface area contributed by atoms with Crippen LogP contribution in [0, 0.1) is 0 Å². The van der Waals surface area contributed by atoms with E-state index in [1.54, 1.807) is 6.26 Å². The van der Waals surface area contributed by atoms with Gasteiger partial charge in [-0.25, -0.2) is 4.79 Å². The average molecular weight is 296 g/mol. The number of carboxylic acids is 1. The lowest BCUT2D eigenvalue weighted by atomic mass is 9.99. The number of carboxylic acid groups (broad SMARTS) is 1. The van der Waals surface area contributed by atoms with Crippen LogP contribution in [-0.4, -0.2) is 28.7 Å². The standard InChI is InChI=1S/C15H24N2O4/c1-11(6-7-12-5-4-10-21-12)16-14(20)17-15(2,3)9-8-13(18)19/h4-5,10-11H,6-9H2,1-3H3,(H,18,19)(H2,16,17,20). The topological polar surface area (TPSA) is 91.6 Å². The van der Waals surface area contributed by atoms with Crippen molar-refractivity contribution < 1.29 is 19.1 Å². The third kappa shape index (κ3) is 7.39. The number of rotatable bonds is 8. The molecule has 6 nitrogen and oxygen atoms in total. The number of urea groups is 1. The summed E-state index contributed by atoms with van der Waals surface area (Å²) in [5.41, 5.74) is -0.552. The lowest BCUT2D eigenvalue weighted by Crippen LogP contribution is -2.50. The Hall–Kier alpha value is -1.98. The zero-order valence-corrected chi connectivity index (χ0v) is 12.8. The molecule has 0 aliphatic carbocycles. The Labute approximate surface area is 124 Å². The third-order valence-corrected chi connectivity index (χ3v) is 3.20. The van der Waals surface area contributed by atoms with Crippen LogP contribution in [0.15, 0.2) is 22.8 Å². The van der Waals surface area contributed by atoms with E-state index in [1.807, 2.05) is 32.9 Å². The van der Waals surface area contributed by atoms with Crippen LogP contribution in [0.3, 0.4) is 0 Å². The van der Waals surface area contributed by atoms with Crippen LogP contribution >= 0.6 is 0 Å². The molecule has 0 saturated heterocycles. The number of furan rings is 1. The number of carbonyl (C=O) groups is 2. The molecule has 0 aliphatic heterocycles. The maximum absolute atomic E-state index is 11.9. The quantitative estimate of drug-likeness (QED) is 0.687. The molecular formula is C15H24N2O4. The first-order valence-corrected chi connectivity index (χ1v) is 7.11. The first-order valence-electron chi connectivity index (χ1n) is 7.11. The summed E-state index contributed by atoms with van der Waals surface area (Å²) in [7, 11) is 0. The fourth-order valence-corrected chi connectivity index (χ4v) is 1.93. The fourth-order valence-electron chi connectivity index (χ4n) is 1.93. The van der Waals surface area contributed by atoms with Crippen molar-refractivity contribution in [3.63, 3.8) is 0 Å². The van der Waals surface area contributed by atoms with Gasteiger partial charge in [0.25, 0.3) is 0 Å². The van der Waals surface area contributed by atoms with Gasteiger partial charge >= 0.3 is 12.0 Å². The summed E-state index contributed by atoms with van der Waals surface area (Å²) in [6.45, 7) is 5.54. The zero-order chi connectivity index (χ0) is 15.9. The predicted molar refractivity (Wildman–Crippen MR) is 79.1 cm³/mol. The number of aryl methyl sites for hydroxylation is 1. The van der Waals surface area contributed by atoms with Crippen molar-refractivity contribution in [1.82, 2.24) is 10.6 Å². The van der Waals surface area contributed by atoms with Crippen molar-refractivity contribution in [3.8, 4) is 0 Å². The lowest BCUT2D eigenvalue weighted by Gasteiger charge is -2.27. The maximum atomic E-state index is 11.9. The van der Waals surface area contributed by atoms with Gasteiger partial charge in [-0.15, -0.1) is 0 Å². The molecular weight excluding hydrogens is 272 g/mol. The number of hydrogen-bond donors (Lipinski definition) is 3.